The molecule has 130 valence electrons. The van der Waals surface area contributed by atoms with Gasteiger partial charge in [0.05, 0.1) is 16.6 Å². The largest absolute Gasteiger partial charge is 0.292 e. The first-order valence-corrected chi connectivity index (χ1v) is 10.1. The summed E-state index contributed by atoms with van der Waals surface area (Å²) in [7, 11) is 0. The van der Waals surface area contributed by atoms with Crippen LogP contribution in [0.5, 0.6) is 0 Å². The van der Waals surface area contributed by atoms with E-state index in [1.165, 1.54) is 36.5 Å². The molecule has 4 aromatic heterocycles. The minimum Gasteiger partial charge on any atom is -0.292 e. The van der Waals surface area contributed by atoms with Crippen LogP contribution in [0.4, 0.5) is 0 Å². The fourth-order valence-electron chi connectivity index (χ4n) is 4.47. The lowest BCUT2D eigenvalue weighted by molar-refractivity contribution is 1.30. The molecule has 4 heteroatoms. The molecule has 0 radical (unpaired) electrons. The Morgan fingerprint density at radius 1 is 0.714 bits per heavy atom. The van der Waals surface area contributed by atoms with Crippen LogP contribution < -0.4 is 0 Å². The summed E-state index contributed by atoms with van der Waals surface area (Å²) in [6, 6.07) is 23.6. The lowest BCUT2D eigenvalue weighted by atomic mass is 10.0. The molecule has 0 aliphatic rings. The Morgan fingerprint density at radius 3 is 2.61 bits per heavy atom. The summed E-state index contributed by atoms with van der Waals surface area (Å²) in [5, 5.41) is 6.23. The van der Waals surface area contributed by atoms with Gasteiger partial charge in [-0.3, -0.25) is 9.38 Å². The summed E-state index contributed by atoms with van der Waals surface area (Å²) in [4.78, 5) is 9.36. The van der Waals surface area contributed by atoms with Crippen molar-refractivity contribution in [3.05, 3.63) is 79.1 Å². The molecule has 0 N–H and O–H groups in total. The molecule has 7 rings (SSSR count). The average molecular weight is 375 g/mol. The van der Waals surface area contributed by atoms with Crippen LogP contribution in [0.1, 0.15) is 0 Å². The number of pyridine rings is 2. The highest BCUT2D eigenvalue weighted by Gasteiger charge is 2.17. The van der Waals surface area contributed by atoms with E-state index in [2.05, 4.69) is 70.0 Å². The number of thiophene rings is 1. The van der Waals surface area contributed by atoms with Gasteiger partial charge in [-0.15, -0.1) is 11.3 Å². The van der Waals surface area contributed by atoms with Crippen molar-refractivity contribution >= 4 is 69.9 Å². The molecule has 28 heavy (non-hydrogen) atoms. The Balaban J connectivity index is 1.88. The molecule has 0 fully saturated rings. The van der Waals surface area contributed by atoms with Gasteiger partial charge < -0.3 is 0 Å². The van der Waals surface area contributed by atoms with Gasteiger partial charge in [-0.05, 0) is 35.7 Å². The Kier molecular flexibility index (Phi) is 2.63. The van der Waals surface area contributed by atoms with Crippen LogP contribution in [-0.4, -0.2) is 14.4 Å². The third-order valence-corrected chi connectivity index (χ3v) is 6.86. The molecule has 3 aromatic carbocycles. The van der Waals surface area contributed by atoms with E-state index in [-0.39, 0.29) is 0 Å². The molecule has 0 atom stereocenters. The van der Waals surface area contributed by atoms with Gasteiger partial charge in [-0.1, -0.05) is 36.4 Å². The predicted molar refractivity (Wildman–Crippen MR) is 118 cm³/mol. The molecule has 0 spiro atoms. The number of imidazole rings is 1. The second-order valence-electron chi connectivity index (χ2n) is 7.12. The van der Waals surface area contributed by atoms with E-state index in [9.17, 15) is 0 Å². The van der Waals surface area contributed by atoms with Crippen molar-refractivity contribution in [1.29, 1.82) is 0 Å². The summed E-state index contributed by atoms with van der Waals surface area (Å²) in [6.45, 7) is 0. The van der Waals surface area contributed by atoms with Gasteiger partial charge in [0.15, 0.2) is 0 Å². The van der Waals surface area contributed by atoms with Crippen molar-refractivity contribution in [3.63, 3.8) is 0 Å². The van der Waals surface area contributed by atoms with Crippen LogP contribution >= 0.6 is 11.3 Å². The van der Waals surface area contributed by atoms with Gasteiger partial charge in [-0.2, -0.15) is 0 Å². The monoisotopic (exact) mass is 375 g/mol. The number of rotatable bonds is 0. The van der Waals surface area contributed by atoms with E-state index >= 15 is 0 Å². The second kappa shape index (κ2) is 5.06. The summed E-state index contributed by atoms with van der Waals surface area (Å²) in [5.74, 6) is 0. The molecule has 0 aliphatic carbocycles. The lowest BCUT2D eigenvalue weighted by Crippen LogP contribution is -1.92. The first kappa shape index (κ1) is 14.5. The number of fused-ring (bicyclic) bond motifs is 12. The Morgan fingerprint density at radius 2 is 1.61 bits per heavy atom. The first-order valence-electron chi connectivity index (χ1n) is 9.27. The predicted octanol–water partition coefficient (Wildman–Crippen LogP) is 6.56. The van der Waals surface area contributed by atoms with Gasteiger partial charge in [0.25, 0.3) is 0 Å². The molecule has 0 saturated heterocycles. The number of aromatic nitrogens is 3. The maximum absolute atomic E-state index is 4.94. The zero-order valence-corrected chi connectivity index (χ0v) is 15.6. The summed E-state index contributed by atoms with van der Waals surface area (Å²) >= 11 is 1.87. The third kappa shape index (κ3) is 1.69. The van der Waals surface area contributed by atoms with Crippen molar-refractivity contribution in [1.82, 2.24) is 14.4 Å². The van der Waals surface area contributed by atoms with E-state index in [4.69, 9.17) is 4.98 Å². The van der Waals surface area contributed by atoms with Crippen molar-refractivity contribution in [2.24, 2.45) is 0 Å². The molecule has 3 nitrogen and oxygen atoms in total. The molecule has 0 saturated carbocycles. The second-order valence-corrected chi connectivity index (χ2v) is 8.17. The summed E-state index contributed by atoms with van der Waals surface area (Å²) < 4.78 is 4.94. The molecular formula is C24H13N3S. The van der Waals surface area contributed by atoms with Gasteiger partial charge >= 0.3 is 0 Å². The van der Waals surface area contributed by atoms with Crippen LogP contribution in [0.15, 0.2) is 79.1 Å². The maximum atomic E-state index is 4.94. The van der Waals surface area contributed by atoms with Crippen molar-refractivity contribution in [2.45, 2.75) is 0 Å². The zero-order chi connectivity index (χ0) is 18.2. The molecule has 4 heterocycles. The fraction of sp³-hybridized carbons (Fsp3) is 0. The quantitative estimate of drug-likeness (QED) is 0.281. The van der Waals surface area contributed by atoms with Crippen LogP contribution in [-0.2, 0) is 0 Å². The smallest absolute Gasteiger partial charge is 0.147 e. The maximum Gasteiger partial charge on any atom is 0.147 e. The number of hydrogen-bond donors (Lipinski definition) is 0. The summed E-state index contributed by atoms with van der Waals surface area (Å²) in [6.07, 6.45) is 3.83. The number of para-hydroxylation sites is 2. The van der Waals surface area contributed by atoms with Crippen molar-refractivity contribution in [3.8, 4) is 0 Å². The van der Waals surface area contributed by atoms with Gasteiger partial charge in [0.2, 0.25) is 0 Å². The molecule has 0 amide bonds. The topological polar surface area (TPSA) is 30.2 Å². The Bertz CT molecular complexity index is 1720. The molecule has 0 bridgehead atoms. The van der Waals surface area contributed by atoms with E-state index in [1.54, 1.807) is 0 Å². The first-order chi connectivity index (χ1) is 13.9. The van der Waals surface area contributed by atoms with Gasteiger partial charge in [0.1, 0.15) is 5.65 Å². The van der Waals surface area contributed by atoms with Crippen LogP contribution in [0.25, 0.3) is 58.5 Å². The van der Waals surface area contributed by atoms with Crippen molar-refractivity contribution < 1.29 is 0 Å². The third-order valence-electron chi connectivity index (χ3n) is 5.66. The normalized spacial score (nSPS) is 12.3. The van der Waals surface area contributed by atoms with Crippen molar-refractivity contribution in [2.75, 3.05) is 0 Å². The highest BCUT2D eigenvalue weighted by molar-refractivity contribution is 7.26. The van der Waals surface area contributed by atoms with E-state index in [0.29, 0.717) is 0 Å². The Labute approximate surface area is 163 Å². The van der Waals surface area contributed by atoms with Crippen LogP contribution in [0.2, 0.25) is 0 Å². The van der Waals surface area contributed by atoms with E-state index in [0.717, 1.165) is 22.1 Å². The molecule has 7 aromatic rings. The minimum atomic E-state index is 0.970. The van der Waals surface area contributed by atoms with Gasteiger partial charge in [-0.25, -0.2) is 4.98 Å². The minimum absolute atomic E-state index is 0.970. The van der Waals surface area contributed by atoms with Gasteiger partial charge in [0, 0.05) is 43.3 Å². The van der Waals surface area contributed by atoms with Crippen LogP contribution in [0, 0.1) is 0 Å². The number of benzene rings is 3. The lowest BCUT2D eigenvalue weighted by Gasteiger charge is -2.09. The molecule has 0 unspecified atom stereocenters. The Hall–Kier alpha value is -3.50. The number of nitrogens with zero attached hydrogens (tertiary/aromatic N) is 3. The highest BCUT2D eigenvalue weighted by Crippen LogP contribution is 2.42. The highest BCUT2D eigenvalue weighted by atomic mass is 32.1. The van der Waals surface area contributed by atoms with Crippen LogP contribution in [0.3, 0.4) is 0 Å². The zero-order valence-electron chi connectivity index (χ0n) is 14.8. The SMILES string of the molecule is c1ccc2c(c1)nc1c3cnccc3c3c4sc5ccccc5c4ccc3n21. The van der Waals surface area contributed by atoms with E-state index < -0.39 is 0 Å². The standard InChI is InChI=1S/C24H13N3S/c1-4-8-21-14(5-1)16-9-10-20-22(23(16)28-21)15-11-12-25-13-17(15)24-26-18-6-2-3-7-19(18)27(20)24/h1-13H. The number of hydrogen-bond acceptors (Lipinski definition) is 3. The van der Waals surface area contributed by atoms with E-state index in [1.807, 2.05) is 29.8 Å². The average Bonchev–Trinajstić information content (AvgIpc) is 3.32. The molecule has 0 aliphatic heterocycles. The summed E-state index contributed by atoms with van der Waals surface area (Å²) in [5.41, 5.74) is 4.31. The fourth-order valence-corrected chi connectivity index (χ4v) is 5.73. The molecular weight excluding hydrogens is 362 g/mol.